The Labute approximate surface area is 164 Å². The number of nitrogens with one attached hydrogen (secondary N) is 2. The Balaban J connectivity index is 1.71. The summed E-state index contributed by atoms with van der Waals surface area (Å²) in [6, 6.07) is 16.8. The number of rotatable bonds is 7. The first kappa shape index (κ1) is 19.9. The van der Waals surface area contributed by atoms with Gasteiger partial charge in [0.1, 0.15) is 5.76 Å². The SMILES string of the molecule is CC(C)c1ccccc1NC(=O)c1ccc(S(=O)(=O)NCc2ccco2)cc1. The van der Waals surface area contributed by atoms with Crippen LogP contribution in [-0.2, 0) is 16.6 Å². The number of furan rings is 1. The van der Waals surface area contributed by atoms with Crippen molar-refractivity contribution in [2.75, 3.05) is 5.32 Å². The molecule has 0 spiro atoms. The molecular weight excluding hydrogens is 376 g/mol. The zero-order valence-electron chi connectivity index (χ0n) is 15.7. The van der Waals surface area contributed by atoms with Crippen LogP contribution in [0.2, 0.25) is 0 Å². The lowest BCUT2D eigenvalue weighted by molar-refractivity contribution is 0.102. The normalized spacial score (nSPS) is 11.5. The molecule has 146 valence electrons. The quantitative estimate of drug-likeness (QED) is 0.626. The summed E-state index contributed by atoms with van der Waals surface area (Å²) in [5.74, 6) is 0.494. The van der Waals surface area contributed by atoms with Gasteiger partial charge in [0.2, 0.25) is 10.0 Å². The minimum atomic E-state index is -3.70. The van der Waals surface area contributed by atoms with Crippen molar-refractivity contribution in [1.82, 2.24) is 4.72 Å². The summed E-state index contributed by atoms with van der Waals surface area (Å²) < 4.78 is 32.3. The first-order chi connectivity index (χ1) is 13.4. The predicted molar refractivity (Wildman–Crippen MR) is 108 cm³/mol. The molecule has 3 rings (SSSR count). The fourth-order valence-corrected chi connectivity index (χ4v) is 3.75. The van der Waals surface area contributed by atoms with Crippen molar-refractivity contribution in [3.8, 4) is 0 Å². The maximum Gasteiger partial charge on any atom is 0.255 e. The van der Waals surface area contributed by atoms with Gasteiger partial charge in [-0.3, -0.25) is 4.79 Å². The Bertz CT molecular complexity index is 1040. The third-order valence-corrected chi connectivity index (χ3v) is 5.69. The van der Waals surface area contributed by atoms with E-state index in [0.717, 1.165) is 11.3 Å². The van der Waals surface area contributed by atoms with E-state index in [4.69, 9.17) is 4.42 Å². The van der Waals surface area contributed by atoms with Gasteiger partial charge in [0.15, 0.2) is 0 Å². The molecule has 0 saturated heterocycles. The van der Waals surface area contributed by atoms with Gasteiger partial charge in [-0.05, 0) is 53.9 Å². The number of hydrogen-bond donors (Lipinski definition) is 2. The summed E-state index contributed by atoms with van der Waals surface area (Å²) in [6.45, 7) is 4.17. The lowest BCUT2D eigenvalue weighted by Crippen LogP contribution is -2.23. The number of carbonyl (C=O) groups is 1. The average Bonchev–Trinajstić information content (AvgIpc) is 3.20. The van der Waals surface area contributed by atoms with Crippen LogP contribution in [0, 0.1) is 0 Å². The summed E-state index contributed by atoms with van der Waals surface area (Å²) in [6.07, 6.45) is 1.48. The molecule has 0 saturated carbocycles. The number of para-hydroxylation sites is 1. The van der Waals surface area contributed by atoms with Gasteiger partial charge in [-0.15, -0.1) is 0 Å². The Kier molecular flexibility index (Phi) is 5.96. The van der Waals surface area contributed by atoms with Crippen LogP contribution in [0.1, 0.15) is 41.4 Å². The van der Waals surface area contributed by atoms with Gasteiger partial charge in [-0.25, -0.2) is 13.1 Å². The van der Waals surface area contributed by atoms with Gasteiger partial charge in [-0.2, -0.15) is 0 Å². The average molecular weight is 398 g/mol. The molecule has 2 N–H and O–H groups in total. The number of hydrogen-bond acceptors (Lipinski definition) is 4. The third-order valence-electron chi connectivity index (χ3n) is 4.27. The Morgan fingerprint density at radius 2 is 1.71 bits per heavy atom. The van der Waals surface area contributed by atoms with E-state index in [1.165, 1.54) is 30.5 Å². The van der Waals surface area contributed by atoms with E-state index in [1.54, 1.807) is 12.1 Å². The minimum absolute atomic E-state index is 0.0591. The van der Waals surface area contributed by atoms with Crippen molar-refractivity contribution in [1.29, 1.82) is 0 Å². The number of anilines is 1. The molecule has 0 atom stereocenters. The van der Waals surface area contributed by atoms with Crippen LogP contribution in [-0.4, -0.2) is 14.3 Å². The summed E-state index contributed by atoms with van der Waals surface area (Å²) in [5, 5.41) is 2.89. The second-order valence-corrected chi connectivity index (χ2v) is 8.39. The maximum atomic E-state index is 12.5. The van der Waals surface area contributed by atoms with Gasteiger partial charge in [0.05, 0.1) is 17.7 Å². The Hall–Kier alpha value is -2.90. The first-order valence-electron chi connectivity index (χ1n) is 8.89. The predicted octanol–water partition coefficient (Wildman–Crippen LogP) is 4.13. The molecule has 0 fully saturated rings. The highest BCUT2D eigenvalue weighted by Gasteiger charge is 2.16. The summed E-state index contributed by atoms with van der Waals surface area (Å²) >= 11 is 0. The smallest absolute Gasteiger partial charge is 0.255 e. The topological polar surface area (TPSA) is 88.4 Å². The molecule has 1 aromatic heterocycles. The molecule has 7 heteroatoms. The van der Waals surface area contributed by atoms with Crippen LogP contribution in [0.4, 0.5) is 5.69 Å². The fourth-order valence-electron chi connectivity index (χ4n) is 2.76. The van der Waals surface area contributed by atoms with Crippen molar-refractivity contribution in [3.63, 3.8) is 0 Å². The second-order valence-electron chi connectivity index (χ2n) is 6.62. The lowest BCUT2D eigenvalue weighted by atomic mass is 10.0. The largest absolute Gasteiger partial charge is 0.468 e. The molecule has 1 heterocycles. The van der Waals surface area contributed by atoms with Gasteiger partial charge < -0.3 is 9.73 Å². The Morgan fingerprint density at radius 1 is 1.00 bits per heavy atom. The molecule has 0 bridgehead atoms. The van der Waals surface area contributed by atoms with E-state index >= 15 is 0 Å². The number of amides is 1. The monoisotopic (exact) mass is 398 g/mol. The van der Waals surface area contributed by atoms with Gasteiger partial charge in [-0.1, -0.05) is 32.0 Å². The van der Waals surface area contributed by atoms with Crippen molar-refractivity contribution in [2.45, 2.75) is 31.2 Å². The van der Waals surface area contributed by atoms with Crippen molar-refractivity contribution in [3.05, 3.63) is 83.8 Å². The standard InChI is InChI=1S/C21H22N2O4S/c1-15(2)19-7-3-4-8-20(19)23-21(24)16-9-11-18(12-10-16)28(25,26)22-14-17-6-5-13-27-17/h3-13,15,22H,14H2,1-2H3,(H,23,24). The van der Waals surface area contributed by atoms with Crippen LogP contribution in [0.3, 0.4) is 0 Å². The second kappa shape index (κ2) is 8.41. The van der Waals surface area contributed by atoms with Crippen LogP contribution < -0.4 is 10.0 Å². The van der Waals surface area contributed by atoms with E-state index in [1.807, 2.05) is 24.3 Å². The molecule has 1 amide bonds. The summed E-state index contributed by atoms with van der Waals surface area (Å²) in [7, 11) is -3.70. The van der Waals surface area contributed by atoms with Crippen molar-refractivity contribution < 1.29 is 17.6 Å². The third kappa shape index (κ3) is 4.68. The molecule has 0 aliphatic heterocycles. The molecule has 3 aromatic rings. The highest BCUT2D eigenvalue weighted by molar-refractivity contribution is 7.89. The molecule has 28 heavy (non-hydrogen) atoms. The van der Waals surface area contributed by atoms with E-state index in [2.05, 4.69) is 23.9 Å². The van der Waals surface area contributed by atoms with Gasteiger partial charge in [0, 0.05) is 11.3 Å². The van der Waals surface area contributed by atoms with Crippen molar-refractivity contribution >= 4 is 21.6 Å². The Morgan fingerprint density at radius 3 is 2.36 bits per heavy atom. The van der Waals surface area contributed by atoms with Crippen LogP contribution >= 0.6 is 0 Å². The van der Waals surface area contributed by atoms with Gasteiger partial charge >= 0.3 is 0 Å². The highest BCUT2D eigenvalue weighted by Crippen LogP contribution is 2.24. The van der Waals surface area contributed by atoms with Gasteiger partial charge in [0.25, 0.3) is 5.91 Å². The summed E-state index contributed by atoms with van der Waals surface area (Å²) in [4.78, 5) is 12.6. The van der Waals surface area contributed by atoms with E-state index in [9.17, 15) is 13.2 Å². The zero-order valence-corrected chi connectivity index (χ0v) is 16.5. The minimum Gasteiger partial charge on any atom is -0.468 e. The number of benzene rings is 2. The molecule has 2 aromatic carbocycles. The number of sulfonamides is 1. The van der Waals surface area contributed by atoms with E-state index < -0.39 is 10.0 Å². The molecular formula is C21H22N2O4S. The van der Waals surface area contributed by atoms with Crippen LogP contribution in [0.25, 0.3) is 0 Å². The molecule has 6 nitrogen and oxygen atoms in total. The molecule has 0 radical (unpaired) electrons. The fraction of sp³-hybridized carbons (Fsp3) is 0.190. The molecule has 0 aliphatic rings. The van der Waals surface area contributed by atoms with Crippen LogP contribution in [0.15, 0.2) is 76.2 Å². The van der Waals surface area contributed by atoms with E-state index in [0.29, 0.717) is 11.3 Å². The maximum absolute atomic E-state index is 12.5. The lowest BCUT2D eigenvalue weighted by Gasteiger charge is -2.13. The number of carbonyl (C=O) groups excluding carboxylic acids is 1. The zero-order chi connectivity index (χ0) is 20.1. The molecule has 0 aliphatic carbocycles. The molecule has 0 unspecified atom stereocenters. The highest BCUT2D eigenvalue weighted by atomic mass is 32.2. The van der Waals surface area contributed by atoms with Crippen molar-refractivity contribution in [2.24, 2.45) is 0 Å². The summed E-state index contributed by atoms with van der Waals surface area (Å²) in [5.41, 5.74) is 2.17. The first-order valence-corrected chi connectivity index (χ1v) is 10.4. The van der Waals surface area contributed by atoms with E-state index in [-0.39, 0.29) is 23.3 Å². The van der Waals surface area contributed by atoms with Crippen LogP contribution in [0.5, 0.6) is 0 Å².